The standard InChI is InChI=1S/C15H25BrN2/c1-5-18(11-15(3,4)10-17)9-13-7-6-12(2)14(16)8-13/h6-8H,5,9-11,17H2,1-4H3. The lowest BCUT2D eigenvalue weighted by molar-refractivity contribution is 0.183. The van der Waals surface area contributed by atoms with Gasteiger partial charge in [0.25, 0.3) is 0 Å². The molecular formula is C15H25BrN2. The lowest BCUT2D eigenvalue weighted by Gasteiger charge is -2.31. The summed E-state index contributed by atoms with van der Waals surface area (Å²) in [5.41, 5.74) is 8.62. The first kappa shape index (κ1) is 15.7. The van der Waals surface area contributed by atoms with E-state index in [0.717, 1.165) is 26.2 Å². The maximum absolute atomic E-state index is 5.81. The van der Waals surface area contributed by atoms with Crippen molar-refractivity contribution in [2.45, 2.75) is 34.2 Å². The first-order valence-electron chi connectivity index (χ1n) is 6.55. The molecule has 0 saturated carbocycles. The maximum Gasteiger partial charge on any atom is 0.0234 e. The van der Waals surface area contributed by atoms with Crippen LogP contribution in [0.2, 0.25) is 0 Å². The number of halogens is 1. The molecule has 0 spiro atoms. The van der Waals surface area contributed by atoms with Crippen molar-refractivity contribution in [1.29, 1.82) is 0 Å². The number of benzene rings is 1. The van der Waals surface area contributed by atoms with Crippen molar-refractivity contribution in [2.75, 3.05) is 19.6 Å². The minimum Gasteiger partial charge on any atom is -0.330 e. The Labute approximate surface area is 120 Å². The van der Waals surface area contributed by atoms with Crippen molar-refractivity contribution in [3.63, 3.8) is 0 Å². The molecule has 0 amide bonds. The second kappa shape index (κ2) is 6.69. The molecule has 3 heteroatoms. The van der Waals surface area contributed by atoms with Gasteiger partial charge in [-0.3, -0.25) is 4.90 Å². The van der Waals surface area contributed by atoms with Crippen LogP contribution in [-0.2, 0) is 6.54 Å². The summed E-state index contributed by atoms with van der Waals surface area (Å²) in [5, 5.41) is 0. The fraction of sp³-hybridized carbons (Fsp3) is 0.600. The Morgan fingerprint density at radius 1 is 1.33 bits per heavy atom. The third-order valence-electron chi connectivity index (χ3n) is 3.29. The number of nitrogens with zero attached hydrogens (tertiary/aromatic N) is 1. The summed E-state index contributed by atoms with van der Waals surface area (Å²) in [5.74, 6) is 0. The Kier molecular flexibility index (Phi) is 5.83. The third kappa shape index (κ3) is 4.71. The van der Waals surface area contributed by atoms with Gasteiger partial charge in [-0.05, 0) is 42.6 Å². The lowest BCUT2D eigenvalue weighted by Crippen LogP contribution is -2.38. The summed E-state index contributed by atoms with van der Waals surface area (Å²) < 4.78 is 1.19. The van der Waals surface area contributed by atoms with Gasteiger partial charge in [-0.2, -0.15) is 0 Å². The van der Waals surface area contributed by atoms with Crippen LogP contribution in [-0.4, -0.2) is 24.5 Å². The van der Waals surface area contributed by atoms with E-state index in [2.05, 4.69) is 66.7 Å². The summed E-state index contributed by atoms with van der Waals surface area (Å²) in [6.07, 6.45) is 0. The minimum atomic E-state index is 0.179. The predicted octanol–water partition coefficient (Wildman–Crippen LogP) is 3.56. The summed E-state index contributed by atoms with van der Waals surface area (Å²) >= 11 is 3.59. The van der Waals surface area contributed by atoms with Crippen LogP contribution in [0.15, 0.2) is 22.7 Å². The number of hydrogen-bond donors (Lipinski definition) is 1. The Bertz CT molecular complexity index is 388. The van der Waals surface area contributed by atoms with E-state index in [4.69, 9.17) is 5.73 Å². The zero-order valence-corrected chi connectivity index (χ0v) is 13.5. The van der Waals surface area contributed by atoms with Gasteiger partial charge in [-0.25, -0.2) is 0 Å². The highest BCUT2D eigenvalue weighted by Gasteiger charge is 2.19. The summed E-state index contributed by atoms with van der Waals surface area (Å²) in [6.45, 7) is 12.6. The maximum atomic E-state index is 5.81. The first-order chi connectivity index (χ1) is 8.38. The van der Waals surface area contributed by atoms with Crippen LogP contribution in [0.25, 0.3) is 0 Å². The van der Waals surface area contributed by atoms with Gasteiger partial charge in [0.1, 0.15) is 0 Å². The third-order valence-corrected chi connectivity index (χ3v) is 4.15. The van der Waals surface area contributed by atoms with Gasteiger partial charge in [0.05, 0.1) is 0 Å². The van der Waals surface area contributed by atoms with Crippen molar-refractivity contribution in [3.05, 3.63) is 33.8 Å². The minimum absolute atomic E-state index is 0.179. The molecule has 0 atom stereocenters. The van der Waals surface area contributed by atoms with Gasteiger partial charge in [0, 0.05) is 17.6 Å². The zero-order valence-electron chi connectivity index (χ0n) is 12.0. The SMILES string of the molecule is CCN(Cc1ccc(C)c(Br)c1)CC(C)(C)CN. The van der Waals surface area contributed by atoms with Gasteiger partial charge >= 0.3 is 0 Å². The predicted molar refractivity (Wildman–Crippen MR) is 82.7 cm³/mol. The molecule has 0 unspecified atom stereocenters. The van der Waals surface area contributed by atoms with Gasteiger partial charge in [0.15, 0.2) is 0 Å². The molecule has 2 N–H and O–H groups in total. The summed E-state index contributed by atoms with van der Waals surface area (Å²) in [6, 6.07) is 6.59. The number of nitrogens with two attached hydrogens (primary N) is 1. The van der Waals surface area contributed by atoms with E-state index in [1.165, 1.54) is 15.6 Å². The largest absolute Gasteiger partial charge is 0.330 e. The second-order valence-corrected chi connectivity index (χ2v) is 6.61. The van der Waals surface area contributed by atoms with Crippen LogP contribution in [0.3, 0.4) is 0 Å². The molecule has 18 heavy (non-hydrogen) atoms. The monoisotopic (exact) mass is 312 g/mol. The van der Waals surface area contributed by atoms with Gasteiger partial charge in [-0.1, -0.05) is 48.8 Å². The quantitative estimate of drug-likeness (QED) is 0.870. The van der Waals surface area contributed by atoms with Gasteiger partial charge in [-0.15, -0.1) is 0 Å². The fourth-order valence-corrected chi connectivity index (χ4v) is 2.37. The summed E-state index contributed by atoms with van der Waals surface area (Å²) in [7, 11) is 0. The molecule has 102 valence electrons. The molecule has 0 aromatic heterocycles. The average molecular weight is 313 g/mol. The number of hydrogen-bond acceptors (Lipinski definition) is 2. The molecule has 1 rings (SSSR count). The van der Waals surface area contributed by atoms with E-state index in [1.54, 1.807) is 0 Å². The Morgan fingerprint density at radius 3 is 2.50 bits per heavy atom. The van der Waals surface area contributed by atoms with Crippen LogP contribution in [0, 0.1) is 12.3 Å². The molecule has 0 radical (unpaired) electrons. The lowest BCUT2D eigenvalue weighted by atomic mass is 9.93. The number of aryl methyl sites for hydroxylation is 1. The molecule has 0 heterocycles. The van der Waals surface area contributed by atoms with E-state index >= 15 is 0 Å². The molecule has 0 aliphatic heterocycles. The Balaban J connectivity index is 2.71. The van der Waals surface area contributed by atoms with Crippen molar-refractivity contribution < 1.29 is 0 Å². The Hall–Kier alpha value is -0.380. The van der Waals surface area contributed by atoms with E-state index in [-0.39, 0.29) is 5.41 Å². The van der Waals surface area contributed by atoms with Crippen LogP contribution < -0.4 is 5.73 Å². The van der Waals surface area contributed by atoms with Gasteiger partial charge in [0.2, 0.25) is 0 Å². The molecule has 2 nitrogen and oxygen atoms in total. The highest BCUT2D eigenvalue weighted by atomic mass is 79.9. The van der Waals surface area contributed by atoms with E-state index in [0.29, 0.717) is 0 Å². The van der Waals surface area contributed by atoms with Crippen LogP contribution in [0.5, 0.6) is 0 Å². The molecule has 1 aromatic rings. The smallest absolute Gasteiger partial charge is 0.0234 e. The molecular weight excluding hydrogens is 288 g/mol. The van der Waals surface area contributed by atoms with Crippen molar-refractivity contribution in [2.24, 2.45) is 11.1 Å². The molecule has 0 fully saturated rings. The molecule has 0 aliphatic rings. The van der Waals surface area contributed by atoms with E-state index in [9.17, 15) is 0 Å². The van der Waals surface area contributed by atoms with Crippen LogP contribution in [0.4, 0.5) is 0 Å². The van der Waals surface area contributed by atoms with E-state index < -0.39 is 0 Å². The molecule has 0 saturated heterocycles. The van der Waals surface area contributed by atoms with Crippen molar-refractivity contribution in [1.82, 2.24) is 4.90 Å². The Morgan fingerprint density at radius 2 is 2.00 bits per heavy atom. The fourth-order valence-electron chi connectivity index (χ4n) is 1.94. The van der Waals surface area contributed by atoms with Crippen molar-refractivity contribution in [3.8, 4) is 0 Å². The van der Waals surface area contributed by atoms with E-state index in [1.807, 2.05) is 0 Å². The second-order valence-electron chi connectivity index (χ2n) is 5.76. The average Bonchev–Trinajstić information content (AvgIpc) is 2.33. The normalized spacial score (nSPS) is 12.2. The summed E-state index contributed by atoms with van der Waals surface area (Å²) in [4.78, 5) is 2.45. The zero-order chi connectivity index (χ0) is 13.8. The highest BCUT2D eigenvalue weighted by molar-refractivity contribution is 9.10. The molecule has 0 aliphatic carbocycles. The molecule has 1 aromatic carbocycles. The molecule has 0 bridgehead atoms. The van der Waals surface area contributed by atoms with Crippen LogP contribution >= 0.6 is 15.9 Å². The van der Waals surface area contributed by atoms with Crippen LogP contribution in [0.1, 0.15) is 31.9 Å². The number of rotatable bonds is 6. The van der Waals surface area contributed by atoms with Gasteiger partial charge < -0.3 is 5.73 Å². The topological polar surface area (TPSA) is 29.3 Å². The first-order valence-corrected chi connectivity index (χ1v) is 7.34. The highest BCUT2D eigenvalue weighted by Crippen LogP contribution is 2.20. The van der Waals surface area contributed by atoms with Crippen molar-refractivity contribution >= 4 is 15.9 Å².